The van der Waals surface area contributed by atoms with Crippen LogP contribution in [0.25, 0.3) is 0 Å². The summed E-state index contributed by atoms with van der Waals surface area (Å²) in [4.78, 5) is 0.293. The molecule has 0 bridgehead atoms. The van der Waals surface area contributed by atoms with Crippen molar-refractivity contribution in [2.75, 3.05) is 19.6 Å². The summed E-state index contributed by atoms with van der Waals surface area (Å²) in [6, 6.07) is 1.64. The molecule has 1 aromatic rings. The van der Waals surface area contributed by atoms with Crippen molar-refractivity contribution < 1.29 is 12.8 Å². The summed E-state index contributed by atoms with van der Waals surface area (Å²) in [6.45, 7) is 6.21. The Morgan fingerprint density at radius 1 is 1.40 bits per heavy atom. The summed E-state index contributed by atoms with van der Waals surface area (Å²) in [5, 5.41) is 3.21. The summed E-state index contributed by atoms with van der Waals surface area (Å²) < 4.78 is 32.2. The Morgan fingerprint density at radius 3 is 2.85 bits per heavy atom. The van der Waals surface area contributed by atoms with Crippen LogP contribution in [0.3, 0.4) is 0 Å². The first kappa shape index (κ1) is 15.3. The molecule has 0 fully saturated rings. The second kappa shape index (κ2) is 6.56. The van der Waals surface area contributed by atoms with Gasteiger partial charge in [-0.2, -0.15) is 4.31 Å². The highest BCUT2D eigenvalue weighted by molar-refractivity contribution is 7.89. The van der Waals surface area contributed by atoms with Crippen molar-refractivity contribution in [3.05, 3.63) is 29.7 Å². The number of nitrogens with one attached hydrogen (secondary N) is 1. The first-order valence-electron chi connectivity index (χ1n) is 7.01. The third kappa shape index (κ3) is 3.31. The van der Waals surface area contributed by atoms with Gasteiger partial charge in [0.25, 0.3) is 0 Å². The fraction of sp³-hybridized carbons (Fsp3) is 0.571. The molecule has 5 nitrogen and oxygen atoms in total. The van der Waals surface area contributed by atoms with Crippen LogP contribution in [-0.2, 0) is 16.6 Å². The Balaban J connectivity index is 2.16. The van der Waals surface area contributed by atoms with Crippen molar-refractivity contribution >= 4 is 10.0 Å². The third-order valence-corrected chi connectivity index (χ3v) is 5.26. The quantitative estimate of drug-likeness (QED) is 0.645. The van der Waals surface area contributed by atoms with Crippen LogP contribution >= 0.6 is 0 Å². The van der Waals surface area contributed by atoms with E-state index in [1.165, 1.54) is 4.31 Å². The standard InChI is InChI=1S/C14H22N2O3S/c1-3-7-15-11-13-10-14(12(2)19-13)20(17,18)16-8-5-4-6-9-16/h4-5,10,15H,3,6-9,11H2,1-2H3. The van der Waals surface area contributed by atoms with Crippen LogP contribution in [0.5, 0.6) is 0 Å². The largest absolute Gasteiger partial charge is 0.464 e. The maximum atomic E-state index is 12.6. The Kier molecular flexibility index (Phi) is 5.01. The minimum Gasteiger partial charge on any atom is -0.464 e. The van der Waals surface area contributed by atoms with Crippen molar-refractivity contribution in [2.24, 2.45) is 0 Å². The summed E-state index contributed by atoms with van der Waals surface area (Å²) in [5.74, 6) is 1.13. The van der Waals surface area contributed by atoms with Crippen molar-refractivity contribution in [2.45, 2.75) is 38.1 Å². The van der Waals surface area contributed by atoms with E-state index in [-0.39, 0.29) is 0 Å². The van der Waals surface area contributed by atoms with Crippen LogP contribution in [0.2, 0.25) is 0 Å². The van der Waals surface area contributed by atoms with Gasteiger partial charge in [-0.25, -0.2) is 8.42 Å². The average molecular weight is 298 g/mol. The predicted molar refractivity (Wildman–Crippen MR) is 78.0 cm³/mol. The van der Waals surface area contributed by atoms with E-state index in [1.54, 1.807) is 13.0 Å². The van der Waals surface area contributed by atoms with Crippen LogP contribution in [0.15, 0.2) is 27.5 Å². The highest BCUT2D eigenvalue weighted by Crippen LogP contribution is 2.24. The third-order valence-electron chi connectivity index (χ3n) is 3.29. The van der Waals surface area contributed by atoms with Crippen LogP contribution in [-0.4, -0.2) is 32.4 Å². The maximum Gasteiger partial charge on any atom is 0.246 e. The van der Waals surface area contributed by atoms with Crippen LogP contribution in [0.4, 0.5) is 0 Å². The zero-order valence-corrected chi connectivity index (χ0v) is 12.9. The molecule has 0 amide bonds. The molecule has 20 heavy (non-hydrogen) atoms. The van der Waals surface area contributed by atoms with Gasteiger partial charge in [-0.3, -0.25) is 0 Å². The highest BCUT2D eigenvalue weighted by atomic mass is 32.2. The van der Waals surface area contributed by atoms with Gasteiger partial charge >= 0.3 is 0 Å². The number of nitrogens with zero attached hydrogens (tertiary/aromatic N) is 1. The van der Waals surface area contributed by atoms with Gasteiger partial charge in [-0.1, -0.05) is 19.1 Å². The lowest BCUT2D eigenvalue weighted by Crippen LogP contribution is -2.33. The zero-order valence-electron chi connectivity index (χ0n) is 12.1. The molecule has 0 saturated heterocycles. The monoisotopic (exact) mass is 298 g/mol. The molecule has 0 aromatic carbocycles. The molecule has 0 radical (unpaired) electrons. The Labute approximate surface area is 120 Å². The SMILES string of the molecule is CCCNCc1cc(S(=O)(=O)N2CC=CCC2)c(C)o1. The fourth-order valence-electron chi connectivity index (χ4n) is 2.23. The average Bonchev–Trinajstić information content (AvgIpc) is 2.82. The topological polar surface area (TPSA) is 62.6 Å². The van der Waals surface area contributed by atoms with Gasteiger partial charge in [0.1, 0.15) is 16.4 Å². The molecule has 112 valence electrons. The Hall–Kier alpha value is -1.11. The molecule has 0 atom stereocenters. The Bertz CT molecular complexity index is 575. The van der Waals surface area contributed by atoms with Crippen molar-refractivity contribution in [1.82, 2.24) is 9.62 Å². The second-order valence-corrected chi connectivity index (χ2v) is 6.84. The molecule has 0 spiro atoms. The minimum atomic E-state index is -3.44. The molecular formula is C14H22N2O3S. The van der Waals surface area contributed by atoms with E-state index < -0.39 is 10.0 Å². The van der Waals surface area contributed by atoms with Gasteiger partial charge in [0.2, 0.25) is 10.0 Å². The smallest absolute Gasteiger partial charge is 0.246 e. The zero-order chi connectivity index (χ0) is 14.6. The summed E-state index contributed by atoms with van der Waals surface area (Å²) >= 11 is 0. The molecule has 1 aliphatic rings. The molecule has 1 aliphatic heterocycles. The molecule has 2 heterocycles. The number of hydrogen-bond acceptors (Lipinski definition) is 4. The van der Waals surface area contributed by atoms with Gasteiger partial charge in [-0.15, -0.1) is 0 Å². The lowest BCUT2D eigenvalue weighted by atomic mass is 10.3. The van der Waals surface area contributed by atoms with E-state index in [0.717, 1.165) is 19.4 Å². The van der Waals surface area contributed by atoms with Crippen molar-refractivity contribution in [1.29, 1.82) is 0 Å². The summed E-state index contributed by atoms with van der Waals surface area (Å²) in [5.41, 5.74) is 0. The van der Waals surface area contributed by atoms with Gasteiger partial charge in [0.05, 0.1) is 6.54 Å². The van der Waals surface area contributed by atoms with Gasteiger partial charge in [-0.05, 0) is 26.3 Å². The van der Waals surface area contributed by atoms with E-state index in [0.29, 0.717) is 36.1 Å². The van der Waals surface area contributed by atoms with E-state index >= 15 is 0 Å². The molecule has 2 rings (SSSR count). The first-order chi connectivity index (χ1) is 9.55. The van der Waals surface area contributed by atoms with Crippen LogP contribution in [0.1, 0.15) is 31.3 Å². The fourth-order valence-corrected chi connectivity index (χ4v) is 3.82. The van der Waals surface area contributed by atoms with Crippen LogP contribution < -0.4 is 5.32 Å². The maximum absolute atomic E-state index is 12.6. The summed E-state index contributed by atoms with van der Waals surface area (Å²) in [6.07, 6.45) is 5.69. The number of rotatable bonds is 6. The number of furan rings is 1. The van der Waals surface area contributed by atoms with E-state index in [2.05, 4.69) is 12.2 Å². The second-order valence-electron chi connectivity index (χ2n) is 4.93. The summed E-state index contributed by atoms with van der Waals surface area (Å²) in [7, 11) is -3.44. The molecule has 0 unspecified atom stereocenters. The normalized spacial score (nSPS) is 16.7. The number of hydrogen-bond donors (Lipinski definition) is 1. The molecule has 1 aromatic heterocycles. The molecular weight excluding hydrogens is 276 g/mol. The van der Waals surface area contributed by atoms with E-state index in [9.17, 15) is 8.42 Å². The molecule has 6 heteroatoms. The van der Waals surface area contributed by atoms with Crippen molar-refractivity contribution in [3.63, 3.8) is 0 Å². The van der Waals surface area contributed by atoms with Gasteiger partial charge in [0, 0.05) is 19.2 Å². The van der Waals surface area contributed by atoms with Crippen molar-refractivity contribution in [3.8, 4) is 0 Å². The van der Waals surface area contributed by atoms with Gasteiger partial charge < -0.3 is 9.73 Å². The minimum absolute atomic E-state index is 0.293. The predicted octanol–water partition coefficient (Wildman–Crippen LogP) is 2.04. The van der Waals surface area contributed by atoms with Gasteiger partial charge in [0.15, 0.2) is 0 Å². The molecule has 0 saturated carbocycles. The van der Waals surface area contributed by atoms with E-state index in [1.807, 2.05) is 12.2 Å². The number of sulfonamides is 1. The lowest BCUT2D eigenvalue weighted by molar-refractivity contribution is 0.431. The Morgan fingerprint density at radius 2 is 2.20 bits per heavy atom. The van der Waals surface area contributed by atoms with Crippen LogP contribution in [0, 0.1) is 6.92 Å². The molecule has 1 N–H and O–H groups in total. The first-order valence-corrected chi connectivity index (χ1v) is 8.45. The number of aryl methyl sites for hydroxylation is 1. The lowest BCUT2D eigenvalue weighted by Gasteiger charge is -2.22. The molecule has 0 aliphatic carbocycles. The highest BCUT2D eigenvalue weighted by Gasteiger charge is 2.28. The van der Waals surface area contributed by atoms with E-state index in [4.69, 9.17) is 4.42 Å².